The van der Waals surface area contributed by atoms with Crippen LogP contribution in [0, 0.1) is 0 Å². The third-order valence-corrected chi connectivity index (χ3v) is 2.07. The van der Waals surface area contributed by atoms with Crippen molar-refractivity contribution in [2.24, 2.45) is 11.5 Å². The number of rotatable bonds is 4. The van der Waals surface area contributed by atoms with Gasteiger partial charge in [-0.2, -0.15) is 0 Å². The molecule has 0 aliphatic carbocycles. The average molecular weight is 224 g/mol. The molecule has 0 radical (unpaired) electrons. The van der Waals surface area contributed by atoms with Crippen LogP contribution in [0.15, 0.2) is 24.3 Å². The van der Waals surface area contributed by atoms with E-state index in [9.17, 15) is 4.79 Å². The SMILES string of the molecule is CC(Oc1cccc(C(N)=S)c1)C(N)=O. The zero-order valence-corrected chi connectivity index (χ0v) is 9.08. The Balaban J connectivity index is 2.82. The minimum atomic E-state index is -0.674. The smallest absolute Gasteiger partial charge is 0.258 e. The van der Waals surface area contributed by atoms with Crippen molar-refractivity contribution < 1.29 is 9.53 Å². The van der Waals surface area contributed by atoms with Crippen LogP contribution in [0.5, 0.6) is 5.75 Å². The summed E-state index contributed by atoms with van der Waals surface area (Å²) < 4.78 is 5.28. The molecule has 0 spiro atoms. The third-order valence-electron chi connectivity index (χ3n) is 1.83. The van der Waals surface area contributed by atoms with Gasteiger partial charge < -0.3 is 16.2 Å². The lowest BCUT2D eigenvalue weighted by Gasteiger charge is -2.11. The molecule has 80 valence electrons. The molecular weight excluding hydrogens is 212 g/mol. The molecule has 5 heteroatoms. The van der Waals surface area contributed by atoms with Gasteiger partial charge in [0.1, 0.15) is 10.7 Å². The van der Waals surface area contributed by atoms with Crippen LogP contribution in [0.4, 0.5) is 0 Å². The van der Waals surface area contributed by atoms with Crippen LogP contribution in [0.25, 0.3) is 0 Å². The van der Waals surface area contributed by atoms with E-state index in [0.29, 0.717) is 11.3 Å². The van der Waals surface area contributed by atoms with E-state index in [1.54, 1.807) is 31.2 Å². The summed E-state index contributed by atoms with van der Waals surface area (Å²) in [5.74, 6) is 0.00216. The molecule has 0 bridgehead atoms. The van der Waals surface area contributed by atoms with Crippen molar-refractivity contribution in [3.63, 3.8) is 0 Å². The van der Waals surface area contributed by atoms with Crippen LogP contribution in [-0.4, -0.2) is 17.0 Å². The topological polar surface area (TPSA) is 78.3 Å². The number of primary amides is 1. The van der Waals surface area contributed by atoms with Gasteiger partial charge in [0.25, 0.3) is 5.91 Å². The molecule has 0 heterocycles. The zero-order valence-electron chi connectivity index (χ0n) is 8.27. The first-order chi connectivity index (χ1) is 7.00. The normalized spacial score (nSPS) is 11.8. The highest BCUT2D eigenvalue weighted by Crippen LogP contribution is 2.14. The molecule has 0 fully saturated rings. The number of hydrogen-bond acceptors (Lipinski definition) is 3. The molecule has 0 aliphatic heterocycles. The van der Waals surface area contributed by atoms with Crippen LogP contribution in [-0.2, 0) is 4.79 Å². The van der Waals surface area contributed by atoms with Gasteiger partial charge in [-0.15, -0.1) is 0 Å². The van der Waals surface area contributed by atoms with E-state index in [-0.39, 0.29) is 4.99 Å². The summed E-state index contributed by atoms with van der Waals surface area (Å²) in [4.78, 5) is 11.1. The maximum Gasteiger partial charge on any atom is 0.258 e. The molecule has 4 nitrogen and oxygen atoms in total. The summed E-state index contributed by atoms with van der Waals surface area (Å²) in [6, 6.07) is 6.89. The Morgan fingerprint density at radius 3 is 2.67 bits per heavy atom. The van der Waals surface area contributed by atoms with E-state index in [1.807, 2.05) is 0 Å². The van der Waals surface area contributed by atoms with Crippen molar-refractivity contribution in [3.8, 4) is 5.75 Å². The van der Waals surface area contributed by atoms with E-state index in [0.717, 1.165) is 0 Å². The van der Waals surface area contributed by atoms with Crippen LogP contribution < -0.4 is 16.2 Å². The molecule has 1 atom stereocenters. The molecule has 1 rings (SSSR count). The number of carbonyl (C=O) groups is 1. The van der Waals surface area contributed by atoms with Gasteiger partial charge >= 0.3 is 0 Å². The van der Waals surface area contributed by atoms with Crippen molar-refractivity contribution in [2.45, 2.75) is 13.0 Å². The predicted octanol–water partition coefficient (Wildman–Crippen LogP) is 0.573. The minimum absolute atomic E-state index is 0.284. The van der Waals surface area contributed by atoms with Crippen LogP contribution in [0.2, 0.25) is 0 Å². The molecular formula is C10H12N2O2S. The molecule has 0 aromatic heterocycles. The van der Waals surface area contributed by atoms with Gasteiger partial charge in [-0.25, -0.2) is 0 Å². The van der Waals surface area contributed by atoms with E-state index in [1.165, 1.54) is 0 Å². The second-order valence-corrected chi connectivity index (χ2v) is 3.49. The number of ether oxygens (including phenoxy) is 1. The first kappa shape index (κ1) is 11.5. The van der Waals surface area contributed by atoms with E-state index in [4.69, 9.17) is 28.4 Å². The Morgan fingerprint density at radius 1 is 1.47 bits per heavy atom. The number of amides is 1. The van der Waals surface area contributed by atoms with Crippen molar-refractivity contribution in [1.82, 2.24) is 0 Å². The number of thiocarbonyl (C=S) groups is 1. The first-order valence-electron chi connectivity index (χ1n) is 4.36. The van der Waals surface area contributed by atoms with E-state index in [2.05, 4.69) is 0 Å². The molecule has 15 heavy (non-hydrogen) atoms. The van der Waals surface area contributed by atoms with Crippen LogP contribution in [0.1, 0.15) is 12.5 Å². The standard InChI is InChI=1S/C10H12N2O2S/c1-6(9(11)13)14-8-4-2-3-7(5-8)10(12)15/h2-6H,1H3,(H2,11,13)(H2,12,15). The number of nitrogens with two attached hydrogens (primary N) is 2. The third kappa shape index (κ3) is 3.21. The van der Waals surface area contributed by atoms with Gasteiger partial charge in [-0.3, -0.25) is 4.79 Å². The maximum atomic E-state index is 10.8. The van der Waals surface area contributed by atoms with Gasteiger partial charge in [0.05, 0.1) is 0 Å². The summed E-state index contributed by atoms with van der Waals surface area (Å²) in [7, 11) is 0. The number of benzene rings is 1. The lowest BCUT2D eigenvalue weighted by molar-refractivity contribution is -0.123. The van der Waals surface area contributed by atoms with E-state index < -0.39 is 12.0 Å². The monoisotopic (exact) mass is 224 g/mol. The molecule has 4 N–H and O–H groups in total. The highest BCUT2D eigenvalue weighted by molar-refractivity contribution is 7.80. The second-order valence-electron chi connectivity index (χ2n) is 3.05. The summed E-state index contributed by atoms with van der Waals surface area (Å²) in [5, 5.41) is 0. The summed E-state index contributed by atoms with van der Waals surface area (Å²) in [5.41, 5.74) is 11.2. The average Bonchev–Trinajstić information content (AvgIpc) is 2.18. The van der Waals surface area contributed by atoms with Crippen molar-refractivity contribution >= 4 is 23.1 Å². The second kappa shape index (κ2) is 4.75. The van der Waals surface area contributed by atoms with Crippen molar-refractivity contribution in [2.75, 3.05) is 0 Å². The van der Waals surface area contributed by atoms with Gasteiger partial charge in [0.2, 0.25) is 0 Å². The highest BCUT2D eigenvalue weighted by Gasteiger charge is 2.10. The van der Waals surface area contributed by atoms with Gasteiger partial charge in [0, 0.05) is 5.56 Å². The van der Waals surface area contributed by atoms with Gasteiger partial charge in [-0.1, -0.05) is 24.4 Å². The quantitative estimate of drug-likeness (QED) is 0.733. The summed E-state index contributed by atoms with van der Waals surface area (Å²) >= 11 is 4.82. The van der Waals surface area contributed by atoms with E-state index >= 15 is 0 Å². The Labute approximate surface area is 93.2 Å². The Bertz CT molecular complexity index is 393. The number of carbonyl (C=O) groups excluding carboxylic acids is 1. The largest absolute Gasteiger partial charge is 0.481 e. The van der Waals surface area contributed by atoms with Crippen LogP contribution in [0.3, 0.4) is 0 Å². The molecule has 0 aliphatic rings. The van der Waals surface area contributed by atoms with Gasteiger partial charge in [0.15, 0.2) is 6.10 Å². The Hall–Kier alpha value is -1.62. The molecule has 1 amide bonds. The first-order valence-corrected chi connectivity index (χ1v) is 4.77. The molecule has 0 saturated heterocycles. The molecule has 1 aromatic carbocycles. The van der Waals surface area contributed by atoms with Gasteiger partial charge in [-0.05, 0) is 19.1 Å². The fourth-order valence-corrected chi connectivity index (χ4v) is 1.11. The van der Waals surface area contributed by atoms with Crippen molar-refractivity contribution in [1.29, 1.82) is 0 Å². The highest BCUT2D eigenvalue weighted by atomic mass is 32.1. The molecule has 1 unspecified atom stereocenters. The van der Waals surface area contributed by atoms with Crippen LogP contribution >= 0.6 is 12.2 Å². The lowest BCUT2D eigenvalue weighted by atomic mass is 10.2. The maximum absolute atomic E-state index is 10.8. The predicted molar refractivity (Wildman–Crippen MR) is 61.6 cm³/mol. The Morgan fingerprint density at radius 2 is 2.13 bits per heavy atom. The fourth-order valence-electron chi connectivity index (χ4n) is 0.985. The Kier molecular flexibility index (Phi) is 3.62. The zero-order chi connectivity index (χ0) is 11.4. The molecule has 0 saturated carbocycles. The minimum Gasteiger partial charge on any atom is -0.481 e. The number of hydrogen-bond donors (Lipinski definition) is 2. The summed E-state index contributed by atoms with van der Waals surface area (Å²) in [6.07, 6.45) is -0.674. The summed E-state index contributed by atoms with van der Waals surface area (Å²) in [6.45, 7) is 1.58. The molecule has 1 aromatic rings. The fraction of sp³-hybridized carbons (Fsp3) is 0.200. The lowest BCUT2D eigenvalue weighted by Crippen LogP contribution is -2.30. The van der Waals surface area contributed by atoms with Crippen molar-refractivity contribution in [3.05, 3.63) is 29.8 Å².